The van der Waals surface area contributed by atoms with Crippen LogP contribution in [0.4, 0.5) is 0 Å². The number of hydrogen-bond donors (Lipinski definition) is 2. The summed E-state index contributed by atoms with van der Waals surface area (Å²) in [5, 5.41) is 13.0. The Labute approximate surface area is 98.8 Å². The maximum Gasteiger partial charge on any atom is 0.220 e. The normalized spacial score (nSPS) is 17.2. The number of aromatic nitrogens is 3. The first kappa shape index (κ1) is 11.4. The van der Waals surface area contributed by atoms with Gasteiger partial charge in [-0.15, -0.1) is 0 Å². The van der Waals surface area contributed by atoms with E-state index in [2.05, 4.69) is 20.7 Å². The van der Waals surface area contributed by atoms with Crippen molar-refractivity contribution >= 4 is 17.7 Å². The summed E-state index contributed by atoms with van der Waals surface area (Å²) in [6, 6.07) is 0. The van der Waals surface area contributed by atoms with E-state index >= 15 is 0 Å². The van der Waals surface area contributed by atoms with Gasteiger partial charge in [0.15, 0.2) is 0 Å². The Morgan fingerprint density at radius 3 is 3.06 bits per heavy atom. The van der Waals surface area contributed by atoms with E-state index in [4.69, 9.17) is 0 Å². The van der Waals surface area contributed by atoms with Crippen molar-refractivity contribution in [1.82, 2.24) is 20.7 Å². The zero-order valence-corrected chi connectivity index (χ0v) is 9.92. The van der Waals surface area contributed by atoms with Crippen molar-refractivity contribution in [1.29, 1.82) is 0 Å². The van der Waals surface area contributed by atoms with Crippen LogP contribution in [0.25, 0.3) is 0 Å². The molecule has 0 saturated carbocycles. The number of carbonyl (C=O) groups excluding carboxylic acids is 1. The fraction of sp³-hybridized carbons (Fsp3) is 0.700. The van der Waals surface area contributed by atoms with Gasteiger partial charge in [0.05, 0.1) is 12.7 Å². The van der Waals surface area contributed by atoms with Gasteiger partial charge in [-0.2, -0.15) is 27.2 Å². The van der Waals surface area contributed by atoms with Crippen molar-refractivity contribution in [2.24, 2.45) is 5.92 Å². The molecule has 1 aromatic heterocycles. The Balaban J connectivity index is 1.67. The quantitative estimate of drug-likeness (QED) is 0.822. The molecule has 1 amide bonds. The highest BCUT2D eigenvalue weighted by atomic mass is 32.2. The third-order valence-corrected chi connectivity index (χ3v) is 3.80. The number of nitrogens with zero attached hydrogens (tertiary/aromatic N) is 2. The van der Waals surface area contributed by atoms with Crippen molar-refractivity contribution in [2.75, 3.05) is 11.5 Å². The highest BCUT2D eigenvalue weighted by molar-refractivity contribution is 7.99. The van der Waals surface area contributed by atoms with Gasteiger partial charge in [0.25, 0.3) is 0 Å². The van der Waals surface area contributed by atoms with E-state index in [1.165, 1.54) is 24.3 Å². The van der Waals surface area contributed by atoms with Crippen molar-refractivity contribution < 1.29 is 4.79 Å². The zero-order valence-electron chi connectivity index (χ0n) is 9.11. The fourth-order valence-electron chi connectivity index (χ4n) is 1.78. The van der Waals surface area contributed by atoms with Crippen LogP contribution in [0, 0.1) is 5.92 Å². The summed E-state index contributed by atoms with van der Waals surface area (Å²) >= 11 is 1.98. The molecule has 1 aromatic rings. The molecule has 1 fully saturated rings. The minimum atomic E-state index is 0.125. The van der Waals surface area contributed by atoms with E-state index in [1.54, 1.807) is 6.20 Å². The Bertz CT molecular complexity index is 322. The second kappa shape index (κ2) is 5.89. The van der Waals surface area contributed by atoms with E-state index in [0.717, 1.165) is 5.69 Å². The van der Waals surface area contributed by atoms with Crippen LogP contribution in [0.2, 0.25) is 0 Å². The van der Waals surface area contributed by atoms with Gasteiger partial charge < -0.3 is 5.32 Å². The second-order valence-corrected chi connectivity index (χ2v) is 5.22. The molecule has 1 aliphatic rings. The van der Waals surface area contributed by atoms with E-state index in [9.17, 15) is 4.79 Å². The molecule has 1 aliphatic heterocycles. The smallest absolute Gasteiger partial charge is 0.220 e. The number of H-pyrrole nitrogens is 1. The SMILES string of the molecule is O=C(CC1CCSCC1)NCc1cn[nH]n1. The highest BCUT2D eigenvalue weighted by Gasteiger charge is 2.17. The van der Waals surface area contributed by atoms with E-state index < -0.39 is 0 Å². The molecular weight excluding hydrogens is 224 g/mol. The molecule has 2 heterocycles. The van der Waals surface area contributed by atoms with Crippen molar-refractivity contribution in [3.8, 4) is 0 Å². The maximum atomic E-state index is 11.6. The molecule has 2 N–H and O–H groups in total. The number of aromatic amines is 1. The average molecular weight is 240 g/mol. The Morgan fingerprint density at radius 2 is 2.38 bits per heavy atom. The van der Waals surface area contributed by atoms with Gasteiger partial charge in [0, 0.05) is 6.42 Å². The predicted octanol–water partition coefficient (Wildman–Crippen LogP) is 0.954. The molecule has 88 valence electrons. The van der Waals surface area contributed by atoms with E-state index in [0.29, 0.717) is 18.9 Å². The van der Waals surface area contributed by atoms with Crippen LogP contribution in [0.1, 0.15) is 25.0 Å². The van der Waals surface area contributed by atoms with Gasteiger partial charge in [-0.05, 0) is 30.3 Å². The molecule has 0 bridgehead atoms. The monoisotopic (exact) mass is 240 g/mol. The molecular formula is C10H16N4OS. The standard InChI is InChI=1S/C10H16N4OS/c15-10(5-8-1-3-16-4-2-8)11-6-9-7-12-14-13-9/h7-8H,1-6H2,(H,11,15)(H,12,13,14). The molecule has 0 unspecified atom stereocenters. The van der Waals surface area contributed by atoms with Crippen LogP contribution in [0.3, 0.4) is 0 Å². The summed E-state index contributed by atoms with van der Waals surface area (Å²) in [6.07, 6.45) is 4.61. The van der Waals surface area contributed by atoms with Gasteiger partial charge >= 0.3 is 0 Å². The highest BCUT2D eigenvalue weighted by Crippen LogP contribution is 2.24. The van der Waals surface area contributed by atoms with Crippen LogP contribution < -0.4 is 5.32 Å². The van der Waals surface area contributed by atoms with Gasteiger partial charge in [-0.25, -0.2) is 0 Å². The molecule has 2 rings (SSSR count). The number of rotatable bonds is 4. The van der Waals surface area contributed by atoms with Crippen molar-refractivity contribution in [2.45, 2.75) is 25.8 Å². The molecule has 6 heteroatoms. The van der Waals surface area contributed by atoms with E-state index in [-0.39, 0.29) is 5.91 Å². The number of thioether (sulfide) groups is 1. The number of hydrogen-bond acceptors (Lipinski definition) is 4. The number of amides is 1. The molecule has 5 nitrogen and oxygen atoms in total. The first-order valence-electron chi connectivity index (χ1n) is 5.53. The maximum absolute atomic E-state index is 11.6. The van der Waals surface area contributed by atoms with E-state index in [1.807, 2.05) is 11.8 Å². The van der Waals surface area contributed by atoms with Gasteiger partial charge in [0.1, 0.15) is 5.69 Å². The third-order valence-electron chi connectivity index (χ3n) is 2.75. The predicted molar refractivity (Wildman–Crippen MR) is 62.9 cm³/mol. The second-order valence-electron chi connectivity index (χ2n) is 4.00. The summed E-state index contributed by atoms with van der Waals surface area (Å²) in [5.41, 5.74) is 0.771. The molecule has 0 radical (unpaired) electrons. The lowest BCUT2D eigenvalue weighted by Crippen LogP contribution is -2.26. The van der Waals surface area contributed by atoms with Gasteiger partial charge in [-0.1, -0.05) is 0 Å². The van der Waals surface area contributed by atoms with Gasteiger partial charge in [-0.3, -0.25) is 4.79 Å². The summed E-state index contributed by atoms with van der Waals surface area (Å²) in [6.45, 7) is 0.469. The summed E-state index contributed by atoms with van der Waals surface area (Å²) in [4.78, 5) is 11.6. The summed E-state index contributed by atoms with van der Waals surface area (Å²) < 4.78 is 0. The molecule has 0 aliphatic carbocycles. The lowest BCUT2D eigenvalue weighted by atomic mass is 9.98. The van der Waals surface area contributed by atoms with Crippen LogP contribution in [-0.4, -0.2) is 32.8 Å². The van der Waals surface area contributed by atoms with Gasteiger partial charge in [0.2, 0.25) is 5.91 Å². The Kier molecular flexibility index (Phi) is 4.21. The zero-order chi connectivity index (χ0) is 11.2. The first-order chi connectivity index (χ1) is 7.84. The topological polar surface area (TPSA) is 70.7 Å². The molecule has 0 spiro atoms. The number of carbonyl (C=O) groups is 1. The molecule has 1 saturated heterocycles. The van der Waals surface area contributed by atoms with Crippen LogP contribution in [0.5, 0.6) is 0 Å². The largest absolute Gasteiger partial charge is 0.350 e. The minimum Gasteiger partial charge on any atom is -0.350 e. The minimum absolute atomic E-state index is 0.125. The number of nitrogens with one attached hydrogen (secondary N) is 2. The molecule has 0 aromatic carbocycles. The molecule has 16 heavy (non-hydrogen) atoms. The molecule has 0 atom stereocenters. The lowest BCUT2D eigenvalue weighted by Gasteiger charge is -2.20. The van der Waals surface area contributed by atoms with Crippen LogP contribution >= 0.6 is 11.8 Å². The van der Waals surface area contributed by atoms with Crippen LogP contribution in [0.15, 0.2) is 6.20 Å². The Morgan fingerprint density at radius 1 is 1.56 bits per heavy atom. The lowest BCUT2D eigenvalue weighted by molar-refractivity contribution is -0.122. The fourth-order valence-corrected chi connectivity index (χ4v) is 2.99. The average Bonchev–Trinajstić information content (AvgIpc) is 2.81. The van der Waals surface area contributed by atoms with Crippen molar-refractivity contribution in [3.05, 3.63) is 11.9 Å². The third kappa shape index (κ3) is 3.52. The summed E-state index contributed by atoms with van der Waals surface area (Å²) in [5.74, 6) is 3.08. The van der Waals surface area contributed by atoms with Crippen LogP contribution in [-0.2, 0) is 11.3 Å². The first-order valence-corrected chi connectivity index (χ1v) is 6.69. The summed E-state index contributed by atoms with van der Waals surface area (Å²) in [7, 11) is 0. The van der Waals surface area contributed by atoms with Crippen molar-refractivity contribution in [3.63, 3.8) is 0 Å². The Hall–Kier alpha value is -1.04.